The SMILES string of the molecule is CCCC(CN)N1CCN(c2cc(C(C)C)ncn2)CC1. The minimum absolute atomic E-state index is 0.444. The average molecular weight is 291 g/mol. The van der Waals surface area contributed by atoms with Gasteiger partial charge in [-0.2, -0.15) is 0 Å². The summed E-state index contributed by atoms with van der Waals surface area (Å²) < 4.78 is 0. The number of hydrogen-bond acceptors (Lipinski definition) is 5. The third-order valence-electron chi connectivity index (χ3n) is 4.31. The van der Waals surface area contributed by atoms with Crippen LogP contribution in [-0.4, -0.2) is 53.6 Å². The van der Waals surface area contributed by atoms with Crippen molar-refractivity contribution in [3.63, 3.8) is 0 Å². The summed E-state index contributed by atoms with van der Waals surface area (Å²) in [6.45, 7) is 11.5. The van der Waals surface area contributed by atoms with Gasteiger partial charge in [0, 0.05) is 50.5 Å². The lowest BCUT2D eigenvalue weighted by Crippen LogP contribution is -2.52. The molecule has 0 spiro atoms. The van der Waals surface area contributed by atoms with Crippen molar-refractivity contribution in [3.05, 3.63) is 18.1 Å². The fourth-order valence-electron chi connectivity index (χ4n) is 2.95. The first-order valence-electron chi connectivity index (χ1n) is 8.16. The van der Waals surface area contributed by atoms with Crippen LogP contribution in [0.15, 0.2) is 12.4 Å². The van der Waals surface area contributed by atoms with Gasteiger partial charge in [0.2, 0.25) is 0 Å². The molecule has 1 saturated heterocycles. The molecular formula is C16H29N5. The molecule has 1 atom stereocenters. The Hall–Kier alpha value is -1.20. The molecule has 2 N–H and O–H groups in total. The van der Waals surface area contributed by atoms with Crippen LogP contribution < -0.4 is 10.6 Å². The number of nitrogens with zero attached hydrogens (tertiary/aromatic N) is 4. The van der Waals surface area contributed by atoms with Gasteiger partial charge < -0.3 is 10.6 Å². The van der Waals surface area contributed by atoms with Crippen LogP contribution in [-0.2, 0) is 0 Å². The molecule has 1 aliphatic rings. The predicted molar refractivity (Wildman–Crippen MR) is 87.7 cm³/mol. The maximum atomic E-state index is 5.91. The minimum atomic E-state index is 0.444. The summed E-state index contributed by atoms with van der Waals surface area (Å²) in [6, 6.07) is 2.67. The molecule has 1 unspecified atom stereocenters. The summed E-state index contributed by atoms with van der Waals surface area (Å²) >= 11 is 0. The Labute approximate surface area is 128 Å². The van der Waals surface area contributed by atoms with Crippen LogP contribution in [0.1, 0.15) is 45.2 Å². The van der Waals surface area contributed by atoms with Crippen molar-refractivity contribution in [2.24, 2.45) is 5.73 Å². The Morgan fingerprint density at radius 1 is 1.19 bits per heavy atom. The van der Waals surface area contributed by atoms with Crippen molar-refractivity contribution in [2.75, 3.05) is 37.6 Å². The van der Waals surface area contributed by atoms with E-state index in [-0.39, 0.29) is 0 Å². The lowest BCUT2D eigenvalue weighted by molar-refractivity contribution is 0.179. The summed E-state index contributed by atoms with van der Waals surface area (Å²) in [7, 11) is 0. The van der Waals surface area contributed by atoms with Crippen LogP contribution in [0.2, 0.25) is 0 Å². The highest BCUT2D eigenvalue weighted by molar-refractivity contribution is 5.40. The Morgan fingerprint density at radius 2 is 1.90 bits per heavy atom. The van der Waals surface area contributed by atoms with Gasteiger partial charge in [0.05, 0.1) is 0 Å². The molecule has 118 valence electrons. The Balaban J connectivity index is 1.96. The van der Waals surface area contributed by atoms with E-state index >= 15 is 0 Å². The first kappa shape index (κ1) is 16.2. The highest BCUT2D eigenvalue weighted by Gasteiger charge is 2.23. The largest absolute Gasteiger partial charge is 0.354 e. The van der Waals surface area contributed by atoms with E-state index in [9.17, 15) is 0 Å². The maximum absolute atomic E-state index is 5.91. The molecule has 0 amide bonds. The highest BCUT2D eigenvalue weighted by atomic mass is 15.3. The zero-order chi connectivity index (χ0) is 15.2. The second kappa shape index (κ2) is 7.71. The van der Waals surface area contributed by atoms with E-state index in [1.807, 2.05) is 0 Å². The summed E-state index contributed by atoms with van der Waals surface area (Å²) in [5.41, 5.74) is 7.03. The van der Waals surface area contributed by atoms with Gasteiger partial charge in [0.1, 0.15) is 12.1 Å². The van der Waals surface area contributed by atoms with Crippen molar-refractivity contribution in [1.82, 2.24) is 14.9 Å². The number of anilines is 1. The molecule has 0 aliphatic carbocycles. The van der Waals surface area contributed by atoms with E-state index in [0.717, 1.165) is 44.2 Å². The van der Waals surface area contributed by atoms with E-state index in [1.165, 1.54) is 12.8 Å². The topological polar surface area (TPSA) is 58.3 Å². The monoisotopic (exact) mass is 291 g/mol. The average Bonchev–Trinajstić information content (AvgIpc) is 2.53. The first-order chi connectivity index (χ1) is 10.2. The summed E-state index contributed by atoms with van der Waals surface area (Å²) in [6.07, 6.45) is 4.09. The van der Waals surface area contributed by atoms with Gasteiger partial charge in [-0.25, -0.2) is 9.97 Å². The zero-order valence-electron chi connectivity index (χ0n) is 13.6. The molecule has 1 aliphatic heterocycles. The maximum Gasteiger partial charge on any atom is 0.132 e. The minimum Gasteiger partial charge on any atom is -0.354 e. The standard InChI is InChI=1S/C16H29N5/c1-4-5-14(11-17)20-6-8-21(9-7-20)16-10-15(13(2)3)18-12-19-16/h10,12-14H,4-9,11,17H2,1-3H3. The van der Waals surface area contributed by atoms with Crippen LogP contribution in [0.3, 0.4) is 0 Å². The lowest BCUT2D eigenvalue weighted by Gasteiger charge is -2.39. The van der Waals surface area contributed by atoms with E-state index in [0.29, 0.717) is 12.0 Å². The molecule has 2 heterocycles. The molecule has 21 heavy (non-hydrogen) atoms. The van der Waals surface area contributed by atoms with Crippen LogP contribution in [0.5, 0.6) is 0 Å². The van der Waals surface area contributed by atoms with Crippen molar-refractivity contribution < 1.29 is 0 Å². The van der Waals surface area contributed by atoms with Gasteiger partial charge in [-0.05, 0) is 12.3 Å². The Morgan fingerprint density at radius 3 is 2.48 bits per heavy atom. The van der Waals surface area contributed by atoms with Crippen molar-refractivity contribution in [1.29, 1.82) is 0 Å². The second-order valence-corrected chi connectivity index (χ2v) is 6.16. The summed E-state index contributed by atoms with van der Waals surface area (Å²) in [5.74, 6) is 1.51. The zero-order valence-corrected chi connectivity index (χ0v) is 13.6. The van der Waals surface area contributed by atoms with Crippen LogP contribution in [0.25, 0.3) is 0 Å². The Bertz CT molecular complexity index is 426. The number of nitrogens with two attached hydrogens (primary N) is 1. The van der Waals surface area contributed by atoms with E-state index in [1.54, 1.807) is 6.33 Å². The van der Waals surface area contributed by atoms with Crippen LogP contribution in [0.4, 0.5) is 5.82 Å². The molecule has 0 bridgehead atoms. The predicted octanol–water partition coefficient (Wildman–Crippen LogP) is 1.85. The number of rotatable bonds is 6. The van der Waals surface area contributed by atoms with E-state index in [2.05, 4.69) is 46.6 Å². The molecule has 1 aromatic rings. The molecule has 0 saturated carbocycles. The molecule has 5 nitrogen and oxygen atoms in total. The third-order valence-corrected chi connectivity index (χ3v) is 4.31. The molecule has 1 aromatic heterocycles. The van der Waals surface area contributed by atoms with Crippen LogP contribution >= 0.6 is 0 Å². The van der Waals surface area contributed by atoms with Gasteiger partial charge in [0.15, 0.2) is 0 Å². The molecule has 5 heteroatoms. The van der Waals surface area contributed by atoms with Crippen molar-refractivity contribution in [2.45, 2.75) is 45.6 Å². The fourth-order valence-corrected chi connectivity index (χ4v) is 2.95. The molecular weight excluding hydrogens is 262 g/mol. The van der Waals surface area contributed by atoms with Crippen molar-refractivity contribution in [3.8, 4) is 0 Å². The summed E-state index contributed by atoms with van der Waals surface area (Å²) in [4.78, 5) is 13.7. The van der Waals surface area contributed by atoms with Crippen LogP contribution in [0, 0.1) is 0 Å². The van der Waals surface area contributed by atoms with Gasteiger partial charge >= 0.3 is 0 Å². The van der Waals surface area contributed by atoms with Gasteiger partial charge in [-0.15, -0.1) is 0 Å². The molecule has 0 aromatic carbocycles. The van der Waals surface area contributed by atoms with E-state index in [4.69, 9.17) is 5.73 Å². The van der Waals surface area contributed by atoms with Gasteiger partial charge in [0.25, 0.3) is 0 Å². The smallest absolute Gasteiger partial charge is 0.132 e. The van der Waals surface area contributed by atoms with Gasteiger partial charge in [-0.3, -0.25) is 4.90 Å². The molecule has 2 rings (SSSR count). The summed E-state index contributed by atoms with van der Waals surface area (Å²) in [5, 5.41) is 0. The van der Waals surface area contributed by atoms with E-state index < -0.39 is 0 Å². The fraction of sp³-hybridized carbons (Fsp3) is 0.750. The third kappa shape index (κ3) is 4.14. The highest BCUT2D eigenvalue weighted by Crippen LogP contribution is 2.19. The first-order valence-corrected chi connectivity index (χ1v) is 8.16. The lowest BCUT2D eigenvalue weighted by atomic mass is 10.1. The molecule has 1 fully saturated rings. The molecule has 0 radical (unpaired) electrons. The van der Waals surface area contributed by atoms with Crippen molar-refractivity contribution >= 4 is 5.82 Å². The quantitative estimate of drug-likeness (QED) is 0.867. The van der Waals surface area contributed by atoms with Gasteiger partial charge in [-0.1, -0.05) is 27.2 Å². The number of piperazine rings is 1. The second-order valence-electron chi connectivity index (χ2n) is 6.16. The number of hydrogen-bond donors (Lipinski definition) is 1. The Kier molecular flexibility index (Phi) is 5.94. The number of aromatic nitrogens is 2. The normalized spacial score (nSPS) is 18.2.